The summed E-state index contributed by atoms with van der Waals surface area (Å²) in [7, 11) is 0. The van der Waals surface area contributed by atoms with Gasteiger partial charge in [0.2, 0.25) is 0 Å². The van der Waals surface area contributed by atoms with Crippen LogP contribution in [0.15, 0.2) is 22.7 Å². The lowest BCUT2D eigenvalue weighted by molar-refractivity contribution is 0.404. The van der Waals surface area contributed by atoms with Gasteiger partial charge in [0.1, 0.15) is 0 Å². The molecule has 0 heterocycles. The van der Waals surface area contributed by atoms with Crippen LogP contribution in [0, 0.1) is 12.8 Å². The van der Waals surface area contributed by atoms with E-state index in [0.29, 0.717) is 5.92 Å². The molecule has 0 aliphatic carbocycles. The molecule has 0 radical (unpaired) electrons. The molecule has 0 bridgehead atoms. The Bertz CT molecular complexity index is 318. The molecule has 1 rings (SSSR count). The first-order valence-corrected chi connectivity index (χ1v) is 6.41. The van der Waals surface area contributed by atoms with Gasteiger partial charge in [0, 0.05) is 10.5 Å². The fraction of sp³-hybridized carbons (Fsp3) is 0.538. The maximum Gasteiger partial charge on any atom is 0.0325 e. The van der Waals surface area contributed by atoms with Crippen LogP contribution in [-0.2, 0) is 0 Å². The van der Waals surface area contributed by atoms with E-state index >= 15 is 0 Å². The predicted octanol–water partition coefficient (Wildman–Crippen LogP) is 4.19. The number of nitrogens with two attached hydrogens (primary N) is 1. The fourth-order valence-corrected chi connectivity index (χ4v) is 2.54. The average molecular weight is 270 g/mol. The summed E-state index contributed by atoms with van der Waals surface area (Å²) in [6.07, 6.45) is 2.29. The van der Waals surface area contributed by atoms with E-state index in [-0.39, 0.29) is 6.04 Å². The van der Waals surface area contributed by atoms with Gasteiger partial charge in [-0.05, 0) is 36.1 Å². The van der Waals surface area contributed by atoms with E-state index < -0.39 is 0 Å². The average Bonchev–Trinajstić information content (AvgIpc) is 2.19. The summed E-state index contributed by atoms with van der Waals surface area (Å²) in [6.45, 7) is 6.55. The molecule has 1 nitrogen and oxygen atoms in total. The minimum Gasteiger partial charge on any atom is -0.324 e. The van der Waals surface area contributed by atoms with Crippen molar-refractivity contribution in [3.05, 3.63) is 33.8 Å². The van der Waals surface area contributed by atoms with E-state index in [4.69, 9.17) is 5.73 Å². The molecular formula is C13H20BrN. The fourth-order valence-electron chi connectivity index (χ4n) is 2.06. The van der Waals surface area contributed by atoms with Crippen LogP contribution in [0.1, 0.15) is 43.9 Å². The van der Waals surface area contributed by atoms with Crippen molar-refractivity contribution < 1.29 is 0 Å². The summed E-state index contributed by atoms with van der Waals surface area (Å²) in [4.78, 5) is 0. The van der Waals surface area contributed by atoms with Gasteiger partial charge in [0.25, 0.3) is 0 Å². The van der Waals surface area contributed by atoms with Crippen molar-refractivity contribution in [3.63, 3.8) is 0 Å². The van der Waals surface area contributed by atoms with Crippen LogP contribution < -0.4 is 5.73 Å². The smallest absolute Gasteiger partial charge is 0.0325 e. The molecule has 0 saturated heterocycles. The first-order valence-electron chi connectivity index (χ1n) is 5.61. The quantitative estimate of drug-likeness (QED) is 0.872. The van der Waals surface area contributed by atoms with Crippen molar-refractivity contribution in [2.75, 3.05) is 0 Å². The maximum absolute atomic E-state index is 6.30. The van der Waals surface area contributed by atoms with Crippen LogP contribution in [-0.4, -0.2) is 0 Å². The van der Waals surface area contributed by atoms with E-state index in [2.05, 4.69) is 54.9 Å². The molecule has 0 aliphatic heterocycles. The highest BCUT2D eigenvalue weighted by Crippen LogP contribution is 2.28. The Morgan fingerprint density at radius 3 is 2.33 bits per heavy atom. The second-order valence-electron chi connectivity index (χ2n) is 4.10. The van der Waals surface area contributed by atoms with Crippen LogP contribution in [0.3, 0.4) is 0 Å². The van der Waals surface area contributed by atoms with Crippen molar-refractivity contribution in [2.24, 2.45) is 11.7 Å². The summed E-state index contributed by atoms with van der Waals surface area (Å²) >= 11 is 3.48. The summed E-state index contributed by atoms with van der Waals surface area (Å²) in [5, 5.41) is 0. The second-order valence-corrected chi connectivity index (χ2v) is 5.02. The summed E-state index contributed by atoms with van der Waals surface area (Å²) in [6, 6.07) is 6.53. The van der Waals surface area contributed by atoms with E-state index in [1.54, 1.807) is 0 Å². The minimum absolute atomic E-state index is 0.174. The number of hydrogen-bond acceptors (Lipinski definition) is 1. The first-order chi connectivity index (χ1) is 7.10. The van der Waals surface area contributed by atoms with Gasteiger partial charge in [-0.2, -0.15) is 0 Å². The van der Waals surface area contributed by atoms with Crippen molar-refractivity contribution in [1.82, 2.24) is 0 Å². The number of hydrogen-bond donors (Lipinski definition) is 1. The summed E-state index contributed by atoms with van der Waals surface area (Å²) < 4.78 is 1.13. The Kier molecular flexibility index (Phi) is 4.81. The Morgan fingerprint density at radius 2 is 1.87 bits per heavy atom. The van der Waals surface area contributed by atoms with Gasteiger partial charge in [-0.15, -0.1) is 0 Å². The molecule has 2 N–H and O–H groups in total. The molecular weight excluding hydrogens is 250 g/mol. The van der Waals surface area contributed by atoms with Crippen LogP contribution >= 0.6 is 15.9 Å². The molecule has 84 valence electrons. The molecule has 0 fully saturated rings. The Balaban J connectivity index is 2.94. The summed E-state index contributed by atoms with van der Waals surface area (Å²) in [5.41, 5.74) is 8.86. The Labute approximate surface area is 101 Å². The molecule has 0 aromatic heterocycles. The molecule has 1 aromatic carbocycles. The highest BCUT2D eigenvalue weighted by atomic mass is 79.9. The third kappa shape index (κ3) is 3.05. The van der Waals surface area contributed by atoms with Crippen LogP contribution in [0.4, 0.5) is 0 Å². The molecule has 15 heavy (non-hydrogen) atoms. The monoisotopic (exact) mass is 269 g/mol. The normalized spacial score (nSPS) is 13.2. The highest BCUT2D eigenvalue weighted by molar-refractivity contribution is 9.10. The number of halogens is 1. The lowest BCUT2D eigenvalue weighted by atomic mass is 9.87. The van der Waals surface area contributed by atoms with Gasteiger partial charge in [-0.25, -0.2) is 0 Å². The van der Waals surface area contributed by atoms with Crippen molar-refractivity contribution in [3.8, 4) is 0 Å². The molecule has 0 aliphatic rings. The van der Waals surface area contributed by atoms with Crippen molar-refractivity contribution >= 4 is 15.9 Å². The zero-order valence-electron chi connectivity index (χ0n) is 9.76. The van der Waals surface area contributed by atoms with E-state index in [1.165, 1.54) is 11.1 Å². The largest absolute Gasteiger partial charge is 0.324 e. The van der Waals surface area contributed by atoms with Crippen molar-refractivity contribution in [2.45, 2.75) is 39.7 Å². The van der Waals surface area contributed by atoms with Gasteiger partial charge >= 0.3 is 0 Å². The molecule has 2 heteroatoms. The Morgan fingerprint density at radius 1 is 1.27 bits per heavy atom. The molecule has 0 amide bonds. The minimum atomic E-state index is 0.174. The Hall–Kier alpha value is -0.340. The third-order valence-corrected chi connectivity index (χ3v) is 3.64. The third-order valence-electron chi connectivity index (χ3n) is 3.15. The molecule has 1 aromatic rings. The van der Waals surface area contributed by atoms with E-state index in [9.17, 15) is 0 Å². The zero-order chi connectivity index (χ0) is 11.4. The van der Waals surface area contributed by atoms with E-state index in [1.807, 2.05) is 0 Å². The first kappa shape index (κ1) is 12.7. The molecule has 1 unspecified atom stereocenters. The molecule has 0 spiro atoms. The molecule has 1 atom stereocenters. The van der Waals surface area contributed by atoms with Gasteiger partial charge in [-0.1, -0.05) is 48.7 Å². The van der Waals surface area contributed by atoms with E-state index in [0.717, 1.165) is 17.3 Å². The maximum atomic E-state index is 6.30. The number of benzene rings is 1. The van der Waals surface area contributed by atoms with Crippen LogP contribution in [0.5, 0.6) is 0 Å². The number of rotatable bonds is 4. The SMILES string of the molecule is CCC(CC)C(N)c1ccc(Br)cc1C. The van der Waals surface area contributed by atoms with Gasteiger partial charge < -0.3 is 5.73 Å². The van der Waals surface area contributed by atoms with Gasteiger partial charge in [0.15, 0.2) is 0 Å². The highest BCUT2D eigenvalue weighted by Gasteiger charge is 2.17. The van der Waals surface area contributed by atoms with Crippen molar-refractivity contribution in [1.29, 1.82) is 0 Å². The number of aryl methyl sites for hydroxylation is 1. The van der Waals surface area contributed by atoms with Crippen LogP contribution in [0.25, 0.3) is 0 Å². The predicted molar refractivity (Wildman–Crippen MR) is 69.9 cm³/mol. The van der Waals surface area contributed by atoms with Crippen LogP contribution in [0.2, 0.25) is 0 Å². The van der Waals surface area contributed by atoms with Gasteiger partial charge in [-0.3, -0.25) is 0 Å². The lowest BCUT2D eigenvalue weighted by Crippen LogP contribution is -2.21. The molecule has 0 saturated carbocycles. The van der Waals surface area contributed by atoms with Gasteiger partial charge in [0.05, 0.1) is 0 Å². The topological polar surface area (TPSA) is 26.0 Å². The second kappa shape index (κ2) is 5.66. The lowest BCUT2D eigenvalue weighted by Gasteiger charge is -2.23. The standard InChI is InChI=1S/C13H20BrN/c1-4-10(5-2)13(15)12-7-6-11(14)8-9(12)3/h6-8,10,13H,4-5,15H2,1-3H3. The summed E-state index contributed by atoms with van der Waals surface area (Å²) in [5.74, 6) is 0.588. The zero-order valence-corrected chi connectivity index (χ0v) is 11.3.